The summed E-state index contributed by atoms with van der Waals surface area (Å²) in [5, 5.41) is 2.21. The summed E-state index contributed by atoms with van der Waals surface area (Å²) in [5.74, 6) is -0.0345. The number of carbonyl (C=O) groups excluding carboxylic acids is 2. The van der Waals surface area contributed by atoms with Crippen molar-refractivity contribution in [2.45, 2.75) is 49.8 Å². The maximum atomic E-state index is 13.2. The average molecular weight is 445 g/mol. The largest absolute Gasteiger partial charge is 0.445 e. The average Bonchev–Trinajstić information content (AvgIpc) is 2.78. The van der Waals surface area contributed by atoms with Gasteiger partial charge in [0.15, 0.2) is 5.37 Å². The lowest BCUT2D eigenvalue weighted by Gasteiger charge is -2.34. The van der Waals surface area contributed by atoms with E-state index >= 15 is 0 Å². The number of nitrogens with one attached hydrogen (secondary N) is 1. The summed E-state index contributed by atoms with van der Waals surface area (Å²) < 4.78 is 18.5. The zero-order chi connectivity index (χ0) is 22.2. The summed E-state index contributed by atoms with van der Waals surface area (Å²) in [5.41, 5.74) is 1.99. The minimum absolute atomic E-state index is 0.104. The second kappa shape index (κ2) is 11.2. The number of carbonyl (C=O) groups is 2. The molecule has 1 atom stereocenters. The van der Waals surface area contributed by atoms with Gasteiger partial charge < -0.3 is 15.0 Å². The highest BCUT2D eigenvalue weighted by molar-refractivity contribution is 8.01. The van der Waals surface area contributed by atoms with E-state index in [0.29, 0.717) is 19.0 Å². The molecule has 0 radical (unpaired) electrons. The van der Waals surface area contributed by atoms with Crippen molar-refractivity contribution in [2.75, 3.05) is 13.1 Å². The van der Waals surface area contributed by atoms with Gasteiger partial charge in [-0.2, -0.15) is 0 Å². The Balaban J connectivity index is 1.54. The molecule has 1 aliphatic heterocycles. The molecule has 1 aliphatic rings. The van der Waals surface area contributed by atoms with E-state index in [2.05, 4.69) is 5.32 Å². The highest BCUT2D eigenvalue weighted by Crippen LogP contribution is 2.29. The fraction of sp³-hybridized carbons (Fsp3) is 0.417. The molecule has 2 aromatic carbocycles. The molecule has 0 aliphatic carbocycles. The zero-order valence-corrected chi connectivity index (χ0v) is 18.7. The molecule has 7 heteroatoms. The van der Waals surface area contributed by atoms with Crippen LogP contribution in [0.25, 0.3) is 0 Å². The van der Waals surface area contributed by atoms with Gasteiger partial charge in [-0.3, -0.25) is 4.79 Å². The van der Waals surface area contributed by atoms with E-state index in [1.54, 1.807) is 4.90 Å². The van der Waals surface area contributed by atoms with Crippen molar-refractivity contribution >= 4 is 23.8 Å². The fourth-order valence-corrected chi connectivity index (χ4v) is 4.61. The molecule has 1 saturated heterocycles. The molecule has 3 rings (SSSR count). The van der Waals surface area contributed by atoms with Crippen LogP contribution in [-0.2, 0) is 16.1 Å². The van der Waals surface area contributed by atoms with E-state index in [1.807, 2.05) is 56.3 Å². The van der Waals surface area contributed by atoms with Crippen LogP contribution in [0, 0.1) is 5.82 Å². The van der Waals surface area contributed by atoms with Gasteiger partial charge in [0.25, 0.3) is 5.91 Å². The van der Waals surface area contributed by atoms with Crippen molar-refractivity contribution in [2.24, 2.45) is 0 Å². The molecule has 5 nitrogen and oxygen atoms in total. The van der Waals surface area contributed by atoms with Gasteiger partial charge in [0.1, 0.15) is 12.4 Å². The van der Waals surface area contributed by atoms with Gasteiger partial charge in [-0.25, -0.2) is 9.18 Å². The van der Waals surface area contributed by atoms with Crippen LogP contribution in [0.5, 0.6) is 0 Å². The lowest BCUT2D eigenvalue weighted by Crippen LogP contribution is -2.49. The molecule has 1 N–H and O–H groups in total. The number of amides is 2. The van der Waals surface area contributed by atoms with E-state index in [4.69, 9.17) is 4.74 Å². The van der Waals surface area contributed by atoms with E-state index in [9.17, 15) is 14.0 Å². The highest BCUT2D eigenvalue weighted by atomic mass is 32.2. The molecule has 0 aromatic heterocycles. The number of halogens is 1. The van der Waals surface area contributed by atoms with Crippen molar-refractivity contribution < 1.29 is 18.7 Å². The van der Waals surface area contributed by atoms with Crippen LogP contribution in [0.15, 0.2) is 54.6 Å². The Labute approximate surface area is 187 Å². The Hall–Kier alpha value is -2.54. The Morgan fingerprint density at radius 3 is 2.35 bits per heavy atom. The van der Waals surface area contributed by atoms with Crippen LogP contribution >= 0.6 is 11.8 Å². The second-order valence-electron chi connectivity index (χ2n) is 7.92. The van der Waals surface area contributed by atoms with Gasteiger partial charge in [0.2, 0.25) is 0 Å². The highest BCUT2D eigenvalue weighted by Gasteiger charge is 2.31. The van der Waals surface area contributed by atoms with Gasteiger partial charge in [0.05, 0.1) is 0 Å². The fourth-order valence-electron chi connectivity index (χ4n) is 3.63. The summed E-state index contributed by atoms with van der Waals surface area (Å²) >= 11 is 1.41. The van der Waals surface area contributed by atoms with Crippen molar-refractivity contribution in [1.29, 1.82) is 0 Å². The molecule has 2 amide bonds. The van der Waals surface area contributed by atoms with E-state index in [0.717, 1.165) is 24.0 Å². The van der Waals surface area contributed by atoms with Crippen LogP contribution in [0.4, 0.5) is 9.18 Å². The standard InChI is InChI=1S/C24H29FN2O3S/c1-17(2)31-22(26-24(29)30-16-18-6-4-3-5-7-18)23(28)27-14-12-20(13-15-27)19-8-10-21(25)11-9-19/h3-11,17,20,22H,12-16H2,1-2H3,(H,26,29). The molecular formula is C24H29FN2O3S. The SMILES string of the molecule is CC(C)SC(NC(=O)OCc1ccccc1)C(=O)N1CCC(c2ccc(F)cc2)CC1. The third kappa shape index (κ3) is 6.99. The quantitative estimate of drug-likeness (QED) is 0.616. The number of thioether (sulfide) groups is 1. The normalized spacial score (nSPS) is 15.5. The van der Waals surface area contributed by atoms with E-state index in [1.165, 1.54) is 23.9 Å². The molecule has 166 valence electrons. The van der Waals surface area contributed by atoms with E-state index < -0.39 is 11.5 Å². The Kier molecular flexibility index (Phi) is 8.35. The van der Waals surface area contributed by atoms with E-state index in [-0.39, 0.29) is 23.6 Å². The van der Waals surface area contributed by atoms with Crippen molar-refractivity contribution in [3.63, 3.8) is 0 Å². The predicted molar refractivity (Wildman–Crippen MR) is 121 cm³/mol. The van der Waals surface area contributed by atoms with Crippen LogP contribution in [0.1, 0.15) is 43.7 Å². The molecule has 31 heavy (non-hydrogen) atoms. The topological polar surface area (TPSA) is 58.6 Å². The Morgan fingerprint density at radius 1 is 1.10 bits per heavy atom. The molecule has 1 fully saturated rings. The Morgan fingerprint density at radius 2 is 1.74 bits per heavy atom. The summed E-state index contributed by atoms with van der Waals surface area (Å²) in [7, 11) is 0. The summed E-state index contributed by atoms with van der Waals surface area (Å²) in [4.78, 5) is 27.2. The number of ether oxygens (including phenoxy) is 1. The first-order valence-electron chi connectivity index (χ1n) is 10.6. The molecule has 1 unspecified atom stereocenters. The molecule has 2 aromatic rings. The molecule has 0 bridgehead atoms. The first-order chi connectivity index (χ1) is 14.9. The van der Waals surface area contributed by atoms with Gasteiger partial charge in [-0.1, -0.05) is 56.3 Å². The molecule has 0 spiro atoms. The maximum absolute atomic E-state index is 13.2. The zero-order valence-electron chi connectivity index (χ0n) is 17.9. The number of rotatable bonds is 7. The van der Waals surface area contributed by atoms with Crippen LogP contribution in [-0.4, -0.2) is 40.6 Å². The molecular weight excluding hydrogens is 415 g/mol. The van der Waals surface area contributed by atoms with Crippen LogP contribution < -0.4 is 5.32 Å². The maximum Gasteiger partial charge on any atom is 0.408 e. The summed E-state index contributed by atoms with van der Waals surface area (Å²) in [6.07, 6.45) is 1.03. The third-order valence-corrected chi connectivity index (χ3v) is 6.38. The summed E-state index contributed by atoms with van der Waals surface area (Å²) in [6.45, 7) is 5.35. The lowest BCUT2D eigenvalue weighted by molar-refractivity contribution is -0.132. The Bertz CT molecular complexity index is 853. The van der Waals surface area contributed by atoms with Gasteiger partial charge in [-0.15, -0.1) is 11.8 Å². The predicted octanol–water partition coefficient (Wildman–Crippen LogP) is 4.93. The minimum Gasteiger partial charge on any atom is -0.445 e. The third-order valence-electron chi connectivity index (χ3n) is 5.24. The van der Waals surface area contributed by atoms with Crippen molar-refractivity contribution in [3.8, 4) is 0 Å². The minimum atomic E-state index is -0.689. The van der Waals surface area contributed by atoms with Gasteiger partial charge in [0, 0.05) is 18.3 Å². The monoisotopic (exact) mass is 444 g/mol. The molecule has 0 saturated carbocycles. The van der Waals surface area contributed by atoms with Crippen LogP contribution in [0.3, 0.4) is 0 Å². The number of nitrogens with zero attached hydrogens (tertiary/aromatic N) is 1. The lowest BCUT2D eigenvalue weighted by atomic mass is 9.89. The molecule has 1 heterocycles. The number of benzene rings is 2. The number of hydrogen-bond acceptors (Lipinski definition) is 4. The summed E-state index contributed by atoms with van der Waals surface area (Å²) in [6, 6.07) is 16.0. The van der Waals surface area contributed by atoms with Gasteiger partial charge >= 0.3 is 6.09 Å². The first kappa shape index (κ1) is 23.1. The number of piperidine rings is 1. The first-order valence-corrected chi connectivity index (χ1v) is 11.5. The van der Waals surface area contributed by atoms with Crippen molar-refractivity contribution in [3.05, 3.63) is 71.5 Å². The van der Waals surface area contributed by atoms with Gasteiger partial charge in [-0.05, 0) is 42.0 Å². The smallest absolute Gasteiger partial charge is 0.408 e. The number of alkyl carbamates (subject to hydrolysis) is 1. The van der Waals surface area contributed by atoms with Crippen molar-refractivity contribution in [1.82, 2.24) is 10.2 Å². The van der Waals surface area contributed by atoms with Crippen LogP contribution in [0.2, 0.25) is 0 Å². The number of hydrogen-bond donors (Lipinski definition) is 1. The number of likely N-dealkylation sites (tertiary alicyclic amines) is 1. The second-order valence-corrected chi connectivity index (χ2v) is 9.61.